The Morgan fingerprint density at radius 2 is 2.33 bits per heavy atom. The average molecular weight is 269 g/mol. The van der Waals surface area contributed by atoms with Crippen LogP contribution >= 0.6 is 15.9 Å². The van der Waals surface area contributed by atoms with Crippen LogP contribution in [0.15, 0.2) is 22.8 Å². The van der Waals surface area contributed by atoms with Crippen molar-refractivity contribution in [1.82, 2.24) is 4.98 Å². The molecule has 1 aliphatic carbocycles. The maximum absolute atomic E-state index is 11.9. The van der Waals surface area contributed by atoms with Crippen molar-refractivity contribution in [2.45, 2.75) is 13.3 Å². The van der Waals surface area contributed by atoms with E-state index in [4.69, 9.17) is 0 Å². The Labute approximate surface area is 97.6 Å². The molecule has 4 heteroatoms. The SMILES string of the molecule is C[C@@H]1C[C@@H]1C(=O)N(C)c1ncccc1Br. The van der Waals surface area contributed by atoms with Gasteiger partial charge in [-0.2, -0.15) is 0 Å². The number of amides is 1. The Hall–Kier alpha value is -0.900. The van der Waals surface area contributed by atoms with E-state index in [2.05, 4.69) is 27.8 Å². The topological polar surface area (TPSA) is 33.2 Å². The van der Waals surface area contributed by atoms with E-state index >= 15 is 0 Å². The monoisotopic (exact) mass is 268 g/mol. The highest BCUT2D eigenvalue weighted by Gasteiger charge is 2.41. The zero-order chi connectivity index (χ0) is 11.0. The van der Waals surface area contributed by atoms with Crippen molar-refractivity contribution in [2.24, 2.45) is 11.8 Å². The van der Waals surface area contributed by atoms with Gasteiger partial charge >= 0.3 is 0 Å². The van der Waals surface area contributed by atoms with Crippen molar-refractivity contribution >= 4 is 27.7 Å². The molecule has 0 spiro atoms. The predicted molar refractivity (Wildman–Crippen MR) is 62.6 cm³/mol. The lowest BCUT2D eigenvalue weighted by Crippen LogP contribution is -2.29. The molecule has 1 saturated carbocycles. The van der Waals surface area contributed by atoms with E-state index in [1.807, 2.05) is 12.1 Å². The third kappa shape index (κ3) is 2.04. The fraction of sp³-hybridized carbons (Fsp3) is 0.455. The summed E-state index contributed by atoms with van der Waals surface area (Å²) in [5.41, 5.74) is 0. The van der Waals surface area contributed by atoms with Crippen molar-refractivity contribution < 1.29 is 4.79 Å². The molecule has 1 amide bonds. The van der Waals surface area contributed by atoms with Crippen molar-refractivity contribution in [3.63, 3.8) is 0 Å². The molecule has 0 saturated heterocycles. The molecular formula is C11H13BrN2O. The lowest BCUT2D eigenvalue weighted by atomic mass is 10.3. The highest BCUT2D eigenvalue weighted by Crippen LogP contribution is 2.40. The zero-order valence-corrected chi connectivity index (χ0v) is 10.4. The van der Waals surface area contributed by atoms with Gasteiger partial charge in [-0.05, 0) is 40.4 Å². The average Bonchev–Trinajstić information content (AvgIpc) is 2.94. The summed E-state index contributed by atoms with van der Waals surface area (Å²) in [5.74, 6) is 1.59. The molecule has 1 aliphatic rings. The Morgan fingerprint density at radius 1 is 1.67 bits per heavy atom. The highest BCUT2D eigenvalue weighted by atomic mass is 79.9. The molecule has 1 aromatic rings. The van der Waals surface area contributed by atoms with Gasteiger partial charge in [0.05, 0.1) is 4.47 Å². The third-order valence-electron chi connectivity index (χ3n) is 2.81. The van der Waals surface area contributed by atoms with Crippen LogP contribution in [0, 0.1) is 11.8 Å². The number of hydrogen-bond acceptors (Lipinski definition) is 2. The van der Waals surface area contributed by atoms with Gasteiger partial charge in [0.25, 0.3) is 0 Å². The second-order valence-electron chi connectivity index (χ2n) is 4.03. The molecule has 0 aromatic carbocycles. The largest absolute Gasteiger partial charge is 0.299 e. The molecule has 3 nitrogen and oxygen atoms in total. The van der Waals surface area contributed by atoms with Crippen molar-refractivity contribution in [1.29, 1.82) is 0 Å². The number of nitrogens with zero attached hydrogens (tertiary/aromatic N) is 2. The lowest BCUT2D eigenvalue weighted by molar-refractivity contribution is -0.119. The van der Waals surface area contributed by atoms with E-state index in [0.29, 0.717) is 11.7 Å². The number of aromatic nitrogens is 1. The van der Waals surface area contributed by atoms with Gasteiger partial charge in [0.2, 0.25) is 5.91 Å². The normalized spacial score (nSPS) is 23.7. The molecule has 0 unspecified atom stereocenters. The fourth-order valence-electron chi connectivity index (χ4n) is 1.64. The van der Waals surface area contributed by atoms with Crippen molar-refractivity contribution in [3.8, 4) is 0 Å². The van der Waals surface area contributed by atoms with Gasteiger partial charge in [-0.1, -0.05) is 6.92 Å². The van der Waals surface area contributed by atoms with E-state index in [0.717, 1.165) is 10.9 Å². The van der Waals surface area contributed by atoms with Crippen molar-refractivity contribution in [3.05, 3.63) is 22.8 Å². The Bertz CT molecular complexity index is 394. The van der Waals surface area contributed by atoms with E-state index in [9.17, 15) is 4.79 Å². The minimum Gasteiger partial charge on any atom is -0.299 e. The molecule has 0 bridgehead atoms. The van der Waals surface area contributed by atoms with Crippen LogP contribution in [-0.4, -0.2) is 17.9 Å². The number of halogens is 1. The van der Waals surface area contributed by atoms with Gasteiger partial charge < -0.3 is 0 Å². The highest BCUT2D eigenvalue weighted by molar-refractivity contribution is 9.10. The first-order chi connectivity index (χ1) is 7.11. The van der Waals surface area contributed by atoms with Crippen LogP contribution < -0.4 is 4.90 Å². The summed E-state index contributed by atoms with van der Waals surface area (Å²) in [6.45, 7) is 2.10. The van der Waals surface area contributed by atoms with Gasteiger partial charge in [-0.15, -0.1) is 0 Å². The molecule has 1 fully saturated rings. The Morgan fingerprint density at radius 3 is 2.87 bits per heavy atom. The van der Waals surface area contributed by atoms with Gasteiger partial charge in [-0.25, -0.2) is 4.98 Å². The van der Waals surface area contributed by atoms with Crippen LogP contribution in [0.5, 0.6) is 0 Å². The lowest BCUT2D eigenvalue weighted by Gasteiger charge is -2.17. The quantitative estimate of drug-likeness (QED) is 0.826. The number of carbonyl (C=O) groups excluding carboxylic acids is 1. The van der Waals surface area contributed by atoms with Crippen LogP contribution in [-0.2, 0) is 4.79 Å². The maximum atomic E-state index is 11.9. The summed E-state index contributed by atoms with van der Waals surface area (Å²) in [6, 6.07) is 3.73. The predicted octanol–water partition coefficient (Wildman–Crippen LogP) is 2.46. The van der Waals surface area contributed by atoms with Gasteiger partial charge in [0.15, 0.2) is 0 Å². The van der Waals surface area contributed by atoms with E-state index in [-0.39, 0.29) is 11.8 Å². The molecular weight excluding hydrogens is 256 g/mol. The summed E-state index contributed by atoms with van der Waals surface area (Å²) >= 11 is 3.39. The molecule has 2 rings (SSSR count). The van der Waals surface area contributed by atoms with E-state index in [1.165, 1.54) is 0 Å². The van der Waals surface area contributed by atoms with Gasteiger partial charge in [0, 0.05) is 19.2 Å². The Kier molecular flexibility index (Phi) is 2.78. The number of hydrogen-bond donors (Lipinski definition) is 0. The number of pyridine rings is 1. The van der Waals surface area contributed by atoms with Crippen LogP contribution in [0.1, 0.15) is 13.3 Å². The van der Waals surface area contributed by atoms with E-state index < -0.39 is 0 Å². The molecule has 15 heavy (non-hydrogen) atoms. The van der Waals surface area contributed by atoms with Gasteiger partial charge in [0.1, 0.15) is 5.82 Å². The second kappa shape index (κ2) is 3.93. The molecule has 0 radical (unpaired) electrons. The van der Waals surface area contributed by atoms with Crippen molar-refractivity contribution in [2.75, 3.05) is 11.9 Å². The number of anilines is 1. The van der Waals surface area contributed by atoms with Gasteiger partial charge in [-0.3, -0.25) is 9.69 Å². The minimum atomic E-state index is 0.168. The first-order valence-electron chi connectivity index (χ1n) is 4.99. The maximum Gasteiger partial charge on any atom is 0.231 e. The van der Waals surface area contributed by atoms with E-state index in [1.54, 1.807) is 18.1 Å². The van der Waals surface area contributed by atoms with Crippen LogP contribution in [0.2, 0.25) is 0 Å². The summed E-state index contributed by atoms with van der Waals surface area (Å²) in [7, 11) is 1.78. The molecule has 0 N–H and O–H groups in total. The second-order valence-corrected chi connectivity index (χ2v) is 4.88. The van der Waals surface area contributed by atoms with Crippen LogP contribution in [0.4, 0.5) is 5.82 Å². The molecule has 1 heterocycles. The molecule has 2 atom stereocenters. The summed E-state index contributed by atoms with van der Waals surface area (Å²) in [4.78, 5) is 17.8. The zero-order valence-electron chi connectivity index (χ0n) is 8.77. The first-order valence-corrected chi connectivity index (χ1v) is 5.78. The number of rotatable bonds is 2. The fourth-order valence-corrected chi connectivity index (χ4v) is 2.16. The van der Waals surface area contributed by atoms with Crippen LogP contribution in [0.25, 0.3) is 0 Å². The Balaban J connectivity index is 2.17. The first kappa shape index (κ1) is 10.6. The van der Waals surface area contributed by atoms with Crippen LogP contribution in [0.3, 0.4) is 0 Å². The summed E-state index contributed by atoms with van der Waals surface area (Å²) in [5, 5.41) is 0. The molecule has 1 aromatic heterocycles. The summed E-state index contributed by atoms with van der Waals surface area (Å²) in [6.07, 6.45) is 2.70. The smallest absolute Gasteiger partial charge is 0.231 e. The standard InChI is InChI=1S/C11H13BrN2O/c1-7-6-8(7)11(15)14(2)10-9(12)4-3-5-13-10/h3-5,7-8H,6H2,1-2H3/t7-,8+/m1/s1. The number of carbonyl (C=O) groups is 1. The molecule has 0 aliphatic heterocycles. The molecule has 80 valence electrons. The third-order valence-corrected chi connectivity index (χ3v) is 3.43. The summed E-state index contributed by atoms with van der Waals surface area (Å²) < 4.78 is 0.856. The minimum absolute atomic E-state index is 0.168.